The molecule has 116 valence electrons. The van der Waals surface area contributed by atoms with Crippen molar-refractivity contribution in [2.45, 2.75) is 58.8 Å². The lowest BCUT2D eigenvalue weighted by molar-refractivity contribution is -0.0328. The van der Waals surface area contributed by atoms with Crippen molar-refractivity contribution in [2.24, 2.45) is 0 Å². The number of nitrogens with zero attached hydrogens (tertiary/aromatic N) is 2. The minimum Gasteiger partial charge on any atom is -0.308 e. The number of nitrogens with one attached hydrogen (secondary N) is 1. The molecule has 3 nitrogen and oxygen atoms in total. The van der Waals surface area contributed by atoms with Gasteiger partial charge in [0.1, 0.15) is 0 Å². The van der Waals surface area contributed by atoms with Crippen LogP contribution in [0.3, 0.4) is 0 Å². The van der Waals surface area contributed by atoms with E-state index in [2.05, 4.69) is 31.2 Å². The molecule has 0 aliphatic rings. The molecule has 7 heteroatoms. The molecule has 0 atom stereocenters. The van der Waals surface area contributed by atoms with E-state index in [0.717, 1.165) is 17.0 Å². The molecule has 1 aromatic heterocycles. The van der Waals surface area contributed by atoms with Crippen molar-refractivity contribution in [3.8, 4) is 0 Å². The molecule has 0 bridgehead atoms. The molecule has 0 aromatic carbocycles. The number of alkyl halides is 3. The highest BCUT2D eigenvalue weighted by molar-refractivity contribution is 8.00. The number of aromatic nitrogens is 2. The first-order valence-corrected chi connectivity index (χ1v) is 7.47. The van der Waals surface area contributed by atoms with E-state index in [-0.39, 0.29) is 29.6 Å². The zero-order valence-corrected chi connectivity index (χ0v) is 13.4. The summed E-state index contributed by atoms with van der Waals surface area (Å²) in [4.78, 5) is 0. The third-order valence-electron chi connectivity index (χ3n) is 2.90. The zero-order chi connectivity index (χ0) is 15.6. The SMILES string of the molecule is Cc1nn(CCSC(F)(F)F)c(C)c1CNC(C)(C)C. The molecule has 1 N–H and O–H groups in total. The molecule has 0 spiro atoms. The number of aryl methyl sites for hydroxylation is 2. The lowest BCUT2D eigenvalue weighted by Gasteiger charge is -2.20. The van der Waals surface area contributed by atoms with Gasteiger partial charge < -0.3 is 5.32 Å². The maximum absolute atomic E-state index is 12.1. The third kappa shape index (κ3) is 5.75. The van der Waals surface area contributed by atoms with Gasteiger partial charge in [-0.2, -0.15) is 18.3 Å². The maximum atomic E-state index is 12.1. The Balaban J connectivity index is 2.67. The van der Waals surface area contributed by atoms with E-state index >= 15 is 0 Å². The molecule has 1 aromatic rings. The van der Waals surface area contributed by atoms with Crippen LogP contribution in [-0.4, -0.2) is 26.6 Å². The Morgan fingerprint density at radius 1 is 1.20 bits per heavy atom. The molecular formula is C13H22F3N3S. The Hall–Kier alpha value is -0.690. The summed E-state index contributed by atoms with van der Waals surface area (Å²) in [5.41, 5.74) is -1.31. The van der Waals surface area contributed by atoms with Gasteiger partial charge in [-0.1, -0.05) is 0 Å². The van der Waals surface area contributed by atoms with Crippen LogP contribution < -0.4 is 5.32 Å². The Bertz CT molecular complexity index is 447. The lowest BCUT2D eigenvalue weighted by atomic mass is 10.1. The van der Waals surface area contributed by atoms with Crippen LogP contribution >= 0.6 is 11.8 Å². The molecule has 1 rings (SSSR count). The van der Waals surface area contributed by atoms with Gasteiger partial charge in [-0.3, -0.25) is 4.68 Å². The summed E-state index contributed by atoms with van der Waals surface area (Å²) in [5.74, 6) is -0.0163. The third-order valence-corrected chi connectivity index (χ3v) is 3.61. The molecule has 0 aliphatic heterocycles. The van der Waals surface area contributed by atoms with Crippen LogP contribution in [0.5, 0.6) is 0 Å². The van der Waals surface area contributed by atoms with Gasteiger partial charge in [0.15, 0.2) is 0 Å². The van der Waals surface area contributed by atoms with Crippen LogP contribution in [0.2, 0.25) is 0 Å². The number of thioether (sulfide) groups is 1. The topological polar surface area (TPSA) is 29.9 Å². The second-order valence-corrected chi connectivity index (χ2v) is 6.93. The van der Waals surface area contributed by atoms with E-state index in [1.54, 1.807) is 4.68 Å². The van der Waals surface area contributed by atoms with Gasteiger partial charge in [-0.15, -0.1) is 0 Å². The van der Waals surface area contributed by atoms with Crippen molar-refractivity contribution >= 4 is 11.8 Å². The van der Waals surface area contributed by atoms with Crippen molar-refractivity contribution < 1.29 is 13.2 Å². The van der Waals surface area contributed by atoms with Gasteiger partial charge in [0.25, 0.3) is 0 Å². The summed E-state index contributed by atoms with van der Waals surface area (Å²) in [5, 5.41) is 7.70. The minimum absolute atomic E-state index is 0.00662. The fourth-order valence-electron chi connectivity index (χ4n) is 1.81. The van der Waals surface area contributed by atoms with Gasteiger partial charge >= 0.3 is 5.51 Å². The van der Waals surface area contributed by atoms with E-state index in [1.165, 1.54) is 0 Å². The molecular weight excluding hydrogens is 287 g/mol. The van der Waals surface area contributed by atoms with Crippen molar-refractivity contribution in [2.75, 3.05) is 5.75 Å². The Morgan fingerprint density at radius 2 is 1.80 bits per heavy atom. The van der Waals surface area contributed by atoms with Crippen LogP contribution in [0.25, 0.3) is 0 Å². The van der Waals surface area contributed by atoms with Crippen LogP contribution in [-0.2, 0) is 13.1 Å². The molecule has 20 heavy (non-hydrogen) atoms. The molecule has 0 aliphatic carbocycles. The number of hydrogen-bond donors (Lipinski definition) is 1. The Morgan fingerprint density at radius 3 is 2.30 bits per heavy atom. The van der Waals surface area contributed by atoms with Crippen molar-refractivity contribution in [3.05, 3.63) is 17.0 Å². The van der Waals surface area contributed by atoms with Gasteiger partial charge in [0, 0.05) is 29.1 Å². The largest absolute Gasteiger partial charge is 0.441 e. The second-order valence-electron chi connectivity index (χ2n) is 5.77. The fourth-order valence-corrected chi connectivity index (χ4v) is 2.30. The highest BCUT2D eigenvalue weighted by Crippen LogP contribution is 2.30. The van der Waals surface area contributed by atoms with Crippen molar-refractivity contribution in [1.29, 1.82) is 0 Å². The van der Waals surface area contributed by atoms with E-state index in [0.29, 0.717) is 6.54 Å². The van der Waals surface area contributed by atoms with Gasteiger partial charge in [0.2, 0.25) is 0 Å². The second kappa shape index (κ2) is 6.39. The highest BCUT2D eigenvalue weighted by atomic mass is 32.2. The Kier molecular flexibility index (Phi) is 5.54. The molecule has 0 saturated carbocycles. The molecule has 0 radical (unpaired) electrons. The summed E-state index contributed by atoms with van der Waals surface area (Å²) in [6.45, 7) is 10.9. The first kappa shape index (κ1) is 17.4. The molecule has 0 fully saturated rings. The summed E-state index contributed by atoms with van der Waals surface area (Å²) >= 11 is -0.00662. The smallest absolute Gasteiger partial charge is 0.308 e. The lowest BCUT2D eigenvalue weighted by Crippen LogP contribution is -2.35. The Labute approximate surface area is 122 Å². The van der Waals surface area contributed by atoms with Crippen molar-refractivity contribution in [3.63, 3.8) is 0 Å². The number of rotatable bonds is 5. The summed E-state index contributed by atoms with van der Waals surface area (Å²) in [6, 6.07) is 0. The van der Waals surface area contributed by atoms with Gasteiger partial charge in [-0.25, -0.2) is 0 Å². The average molecular weight is 309 g/mol. The summed E-state index contributed by atoms with van der Waals surface area (Å²) in [6.07, 6.45) is 0. The maximum Gasteiger partial charge on any atom is 0.441 e. The van der Waals surface area contributed by atoms with E-state index in [9.17, 15) is 13.2 Å². The van der Waals surface area contributed by atoms with Crippen molar-refractivity contribution in [1.82, 2.24) is 15.1 Å². The molecule has 0 saturated heterocycles. The van der Waals surface area contributed by atoms with E-state index in [1.807, 2.05) is 13.8 Å². The normalized spacial score (nSPS) is 13.0. The van der Waals surface area contributed by atoms with E-state index < -0.39 is 5.51 Å². The van der Waals surface area contributed by atoms with Gasteiger partial charge in [0.05, 0.1) is 12.2 Å². The molecule has 0 amide bonds. The van der Waals surface area contributed by atoms with Gasteiger partial charge in [-0.05, 0) is 46.4 Å². The first-order valence-electron chi connectivity index (χ1n) is 6.48. The fraction of sp³-hybridized carbons (Fsp3) is 0.769. The number of hydrogen-bond acceptors (Lipinski definition) is 3. The van der Waals surface area contributed by atoms with Crippen LogP contribution in [0.4, 0.5) is 13.2 Å². The van der Waals surface area contributed by atoms with Crippen LogP contribution in [0.1, 0.15) is 37.7 Å². The predicted molar refractivity (Wildman–Crippen MR) is 76.8 cm³/mol. The standard InChI is InChI=1S/C13H22F3N3S/c1-9-11(8-17-12(3,4)5)10(2)19(18-9)6-7-20-13(14,15)16/h17H,6-8H2,1-5H3. The zero-order valence-electron chi connectivity index (χ0n) is 12.6. The molecule has 1 heterocycles. The minimum atomic E-state index is -4.17. The average Bonchev–Trinajstić information content (AvgIpc) is 2.49. The van der Waals surface area contributed by atoms with Crippen LogP contribution in [0, 0.1) is 13.8 Å². The monoisotopic (exact) mass is 309 g/mol. The highest BCUT2D eigenvalue weighted by Gasteiger charge is 2.27. The van der Waals surface area contributed by atoms with Crippen LogP contribution in [0.15, 0.2) is 0 Å². The number of halogens is 3. The quantitative estimate of drug-likeness (QED) is 0.900. The summed E-state index contributed by atoms with van der Waals surface area (Å²) < 4.78 is 38.0. The predicted octanol–water partition coefficient (Wildman–Crippen LogP) is 3.64. The molecule has 0 unspecified atom stereocenters. The summed E-state index contributed by atoms with van der Waals surface area (Å²) in [7, 11) is 0. The van der Waals surface area contributed by atoms with E-state index in [4.69, 9.17) is 0 Å². The first-order chi connectivity index (χ1) is 8.99.